The Balaban J connectivity index is 1.95. The largest absolute Gasteiger partial charge is 0.507 e. The minimum atomic E-state index is -0.765. The zero-order chi connectivity index (χ0) is 26.7. The number of benzene rings is 2. The number of esters is 1. The minimum Gasteiger partial charge on any atom is -0.507 e. The van der Waals surface area contributed by atoms with Crippen LogP contribution in [0, 0.1) is 0 Å². The summed E-state index contributed by atoms with van der Waals surface area (Å²) < 4.78 is 19.4. The third-order valence-corrected chi connectivity index (χ3v) is 7.29. The lowest BCUT2D eigenvalue weighted by Gasteiger charge is -2.25. The maximum atomic E-state index is 13.8. The Hall–Kier alpha value is -3.37. The van der Waals surface area contributed by atoms with E-state index >= 15 is 0 Å². The van der Waals surface area contributed by atoms with Crippen molar-refractivity contribution in [2.24, 2.45) is 4.99 Å². The number of phenols is 1. The summed E-state index contributed by atoms with van der Waals surface area (Å²) in [6.45, 7) is 8.32. The van der Waals surface area contributed by atoms with Crippen LogP contribution in [0.1, 0.15) is 44.9 Å². The number of rotatable bonds is 8. The third-order valence-electron chi connectivity index (χ3n) is 5.67. The normalized spacial score (nSPS) is 15.3. The van der Waals surface area contributed by atoms with Crippen LogP contribution in [-0.4, -0.2) is 35.5 Å². The summed E-state index contributed by atoms with van der Waals surface area (Å²) in [6, 6.07) is 9.63. The van der Waals surface area contributed by atoms with Gasteiger partial charge in [0.2, 0.25) is 0 Å². The van der Waals surface area contributed by atoms with Crippen molar-refractivity contribution in [1.29, 1.82) is 0 Å². The van der Waals surface area contributed by atoms with Gasteiger partial charge in [0.25, 0.3) is 5.56 Å². The number of ether oxygens (including phenoxy) is 3. The number of aromatic nitrogens is 1. The van der Waals surface area contributed by atoms with Crippen LogP contribution >= 0.6 is 27.3 Å². The molecule has 1 aromatic heterocycles. The van der Waals surface area contributed by atoms with Crippen molar-refractivity contribution in [3.8, 4) is 17.2 Å². The van der Waals surface area contributed by atoms with Crippen LogP contribution in [0.4, 0.5) is 0 Å². The molecule has 0 amide bonds. The Labute approximate surface area is 226 Å². The molecule has 3 aromatic rings. The molecular weight excluding hydrogens is 560 g/mol. The zero-order valence-corrected chi connectivity index (χ0v) is 23.3. The molecule has 2 aromatic carbocycles. The molecule has 37 heavy (non-hydrogen) atoms. The van der Waals surface area contributed by atoms with E-state index in [2.05, 4.69) is 20.9 Å². The number of nitrogens with zero attached hydrogens (tertiary/aromatic N) is 2. The van der Waals surface area contributed by atoms with Crippen LogP contribution in [-0.2, 0) is 9.53 Å². The van der Waals surface area contributed by atoms with Crippen molar-refractivity contribution in [1.82, 2.24) is 4.57 Å². The molecule has 2 heterocycles. The highest BCUT2D eigenvalue weighted by Crippen LogP contribution is 2.36. The van der Waals surface area contributed by atoms with Gasteiger partial charge in [-0.2, -0.15) is 0 Å². The number of thiazole rings is 1. The van der Waals surface area contributed by atoms with Crippen molar-refractivity contribution < 1.29 is 24.1 Å². The van der Waals surface area contributed by atoms with Gasteiger partial charge in [0, 0.05) is 0 Å². The van der Waals surface area contributed by atoms with Crippen molar-refractivity contribution >= 4 is 39.3 Å². The summed E-state index contributed by atoms with van der Waals surface area (Å²) in [4.78, 5) is 31.9. The molecular formula is C27H27BrN2O6S. The van der Waals surface area contributed by atoms with Crippen molar-refractivity contribution in [3.05, 3.63) is 83.0 Å². The smallest absolute Gasteiger partial charge is 0.338 e. The molecule has 1 aliphatic rings. The van der Waals surface area contributed by atoms with E-state index in [1.165, 1.54) is 15.9 Å². The highest BCUT2D eigenvalue weighted by Gasteiger charge is 2.34. The van der Waals surface area contributed by atoms with Crippen LogP contribution in [0.3, 0.4) is 0 Å². The molecule has 0 saturated carbocycles. The van der Waals surface area contributed by atoms with Gasteiger partial charge in [-0.05, 0) is 85.1 Å². The second-order valence-corrected chi connectivity index (χ2v) is 9.95. The molecule has 8 nitrogen and oxygen atoms in total. The van der Waals surface area contributed by atoms with Gasteiger partial charge in [0.1, 0.15) is 5.75 Å². The van der Waals surface area contributed by atoms with Crippen molar-refractivity contribution in [2.75, 3.05) is 19.8 Å². The average molecular weight is 587 g/mol. The van der Waals surface area contributed by atoms with Gasteiger partial charge in [-0.3, -0.25) is 9.36 Å². The maximum Gasteiger partial charge on any atom is 0.338 e. The van der Waals surface area contributed by atoms with E-state index in [1.807, 2.05) is 19.9 Å². The molecule has 1 N–H and O–H groups in total. The predicted molar refractivity (Wildman–Crippen MR) is 145 cm³/mol. The van der Waals surface area contributed by atoms with Crippen LogP contribution in [0.25, 0.3) is 6.08 Å². The van der Waals surface area contributed by atoms with E-state index in [9.17, 15) is 14.7 Å². The second kappa shape index (κ2) is 11.4. The Morgan fingerprint density at radius 1 is 1.11 bits per heavy atom. The molecule has 1 aliphatic heterocycles. The molecule has 10 heteroatoms. The van der Waals surface area contributed by atoms with Crippen molar-refractivity contribution in [2.45, 2.75) is 33.7 Å². The molecule has 1 atom stereocenters. The van der Waals surface area contributed by atoms with Crippen LogP contribution in [0.2, 0.25) is 0 Å². The molecule has 0 saturated heterocycles. The lowest BCUT2D eigenvalue weighted by atomic mass is 9.95. The first kappa shape index (κ1) is 26.7. The lowest BCUT2D eigenvalue weighted by molar-refractivity contribution is -0.139. The topological polar surface area (TPSA) is 99.4 Å². The van der Waals surface area contributed by atoms with Crippen molar-refractivity contribution in [3.63, 3.8) is 0 Å². The molecule has 0 bridgehead atoms. The third kappa shape index (κ3) is 5.35. The molecule has 0 unspecified atom stereocenters. The molecule has 0 aliphatic carbocycles. The summed E-state index contributed by atoms with van der Waals surface area (Å²) in [5.41, 5.74) is 1.88. The summed E-state index contributed by atoms with van der Waals surface area (Å²) in [7, 11) is 0. The number of carbonyl (C=O) groups is 1. The number of phenolic OH excluding ortho intramolecular Hbond substituents is 1. The number of hydrogen-bond donors (Lipinski definition) is 1. The number of allylic oxidation sites excluding steroid dienone is 1. The van der Waals surface area contributed by atoms with Crippen LogP contribution < -0.4 is 24.4 Å². The molecule has 0 fully saturated rings. The highest BCUT2D eigenvalue weighted by molar-refractivity contribution is 9.10. The van der Waals surface area contributed by atoms with Gasteiger partial charge in [0.05, 0.1) is 46.1 Å². The van der Waals surface area contributed by atoms with E-state index in [-0.39, 0.29) is 17.9 Å². The Morgan fingerprint density at radius 3 is 2.51 bits per heavy atom. The fraction of sp³-hybridized carbons (Fsp3) is 0.296. The number of halogens is 1. The Morgan fingerprint density at radius 2 is 1.84 bits per heavy atom. The quantitative estimate of drug-likeness (QED) is 0.399. The van der Waals surface area contributed by atoms with E-state index in [0.29, 0.717) is 55.4 Å². The molecule has 4 rings (SSSR count). The van der Waals surface area contributed by atoms with Gasteiger partial charge in [0.15, 0.2) is 16.3 Å². The van der Waals surface area contributed by atoms with Gasteiger partial charge in [-0.15, -0.1) is 0 Å². The number of fused-ring (bicyclic) bond motifs is 1. The van der Waals surface area contributed by atoms with E-state index in [4.69, 9.17) is 14.2 Å². The van der Waals surface area contributed by atoms with Crippen LogP contribution in [0.15, 0.2) is 61.9 Å². The first-order valence-corrected chi connectivity index (χ1v) is 13.5. The number of hydrogen-bond acceptors (Lipinski definition) is 8. The number of carbonyl (C=O) groups excluding carboxylic acids is 1. The summed E-state index contributed by atoms with van der Waals surface area (Å²) >= 11 is 4.54. The fourth-order valence-electron chi connectivity index (χ4n) is 4.11. The lowest BCUT2D eigenvalue weighted by Crippen LogP contribution is -2.40. The van der Waals surface area contributed by atoms with Gasteiger partial charge >= 0.3 is 5.97 Å². The molecule has 194 valence electrons. The summed E-state index contributed by atoms with van der Waals surface area (Å²) in [5.74, 6) is 0.679. The molecule has 0 spiro atoms. The first-order valence-electron chi connectivity index (χ1n) is 11.9. The van der Waals surface area contributed by atoms with Gasteiger partial charge < -0.3 is 19.3 Å². The minimum absolute atomic E-state index is 0.105. The number of aromatic hydroxyl groups is 1. The van der Waals surface area contributed by atoms with E-state index in [1.54, 1.807) is 50.3 Å². The first-order chi connectivity index (χ1) is 17.8. The maximum absolute atomic E-state index is 13.8. The Kier molecular flexibility index (Phi) is 8.19. The Bertz CT molecular complexity index is 1560. The zero-order valence-electron chi connectivity index (χ0n) is 20.9. The second-order valence-electron chi connectivity index (χ2n) is 8.09. The standard InChI is InChI=1S/C27H27BrN2O6S/c1-5-34-20-11-9-17(14-21(20)35-6-2)24-23(26(33)36-7-3)15(4)29-27-30(24)25(32)22(37-27)13-16-8-10-19(31)18(28)12-16/h8-14,24,31H,5-7H2,1-4H3/b22-13-/t24-/m1/s1. The van der Waals surface area contributed by atoms with Gasteiger partial charge in [-0.25, -0.2) is 9.79 Å². The predicted octanol–water partition coefficient (Wildman–Crippen LogP) is 4.06. The highest BCUT2D eigenvalue weighted by atomic mass is 79.9. The summed E-state index contributed by atoms with van der Waals surface area (Å²) in [5, 5.41) is 9.82. The average Bonchev–Trinajstić information content (AvgIpc) is 3.16. The molecule has 0 radical (unpaired) electrons. The monoisotopic (exact) mass is 586 g/mol. The summed E-state index contributed by atoms with van der Waals surface area (Å²) in [6.07, 6.45) is 1.73. The van der Waals surface area contributed by atoms with E-state index in [0.717, 1.165) is 5.56 Å². The van der Waals surface area contributed by atoms with E-state index < -0.39 is 12.0 Å². The SMILES string of the molecule is CCOC(=O)C1=C(C)N=c2s/c(=C\c3ccc(O)c(Br)c3)c(=O)n2[C@@H]1c1ccc(OCC)c(OCC)c1. The van der Waals surface area contributed by atoms with Crippen LogP contribution in [0.5, 0.6) is 17.2 Å². The fourth-order valence-corrected chi connectivity index (χ4v) is 5.55. The van der Waals surface area contributed by atoms with Gasteiger partial charge in [-0.1, -0.05) is 23.5 Å².